The number of benzene rings is 1. The van der Waals surface area contributed by atoms with Crippen LogP contribution in [0.15, 0.2) is 28.9 Å². The van der Waals surface area contributed by atoms with Crippen LogP contribution in [0.5, 0.6) is 5.75 Å². The van der Waals surface area contributed by atoms with Crippen LogP contribution in [-0.4, -0.2) is 10.9 Å². The van der Waals surface area contributed by atoms with Crippen LogP contribution >= 0.6 is 0 Å². The fourth-order valence-corrected chi connectivity index (χ4v) is 1.39. The molecule has 0 radical (unpaired) electrons. The van der Waals surface area contributed by atoms with Gasteiger partial charge in [0.2, 0.25) is 0 Å². The normalized spacial score (nSPS) is 10.6. The summed E-state index contributed by atoms with van der Waals surface area (Å²) in [4.78, 5) is 0. The molecule has 4 heteroatoms. The first-order valence-corrected chi connectivity index (χ1v) is 4.19. The molecule has 4 N–H and O–H groups in total. The van der Waals surface area contributed by atoms with Crippen molar-refractivity contribution < 1.29 is 9.52 Å². The zero-order valence-electron chi connectivity index (χ0n) is 7.45. The molecule has 0 unspecified atom stereocenters. The topological polar surface area (TPSA) is 83.2 Å². The highest BCUT2D eigenvalue weighted by Gasteiger charge is 2.06. The zero-order valence-corrected chi connectivity index (χ0v) is 7.45. The quantitative estimate of drug-likeness (QED) is 0.497. The number of hydrogen-bond donors (Lipinski definition) is 3. The van der Waals surface area contributed by atoms with Gasteiger partial charge in [-0.15, -0.1) is 0 Å². The van der Waals surface area contributed by atoms with Gasteiger partial charge in [-0.2, -0.15) is 0 Å². The molecule has 0 spiro atoms. The molecule has 0 aliphatic rings. The number of nitrogens with two attached hydrogens (primary N) is 1. The van der Waals surface area contributed by atoms with Gasteiger partial charge in [0.25, 0.3) is 0 Å². The van der Waals surface area contributed by atoms with Gasteiger partial charge in [-0.1, -0.05) is 0 Å². The van der Waals surface area contributed by atoms with E-state index in [1.807, 2.05) is 0 Å². The summed E-state index contributed by atoms with van der Waals surface area (Å²) in [7, 11) is 0. The maximum atomic E-state index is 9.56. The lowest BCUT2D eigenvalue weighted by Crippen LogP contribution is -2.12. The van der Waals surface area contributed by atoms with Gasteiger partial charge in [-0.3, -0.25) is 5.41 Å². The molecular weight excluding hydrogens is 180 g/mol. The second-order valence-electron chi connectivity index (χ2n) is 3.14. The van der Waals surface area contributed by atoms with Crippen LogP contribution in [0.3, 0.4) is 0 Å². The first-order valence-electron chi connectivity index (χ1n) is 4.19. The number of fused-ring (bicyclic) bond motifs is 1. The molecule has 0 atom stereocenters. The summed E-state index contributed by atoms with van der Waals surface area (Å²) in [5, 5.41) is 17.6. The highest BCUT2D eigenvalue weighted by atomic mass is 16.3. The molecule has 1 aromatic carbocycles. The average molecular weight is 190 g/mol. The van der Waals surface area contributed by atoms with Crippen molar-refractivity contribution in [2.45, 2.75) is 6.42 Å². The highest BCUT2D eigenvalue weighted by molar-refractivity contribution is 5.84. The van der Waals surface area contributed by atoms with Crippen LogP contribution in [0.4, 0.5) is 0 Å². The van der Waals surface area contributed by atoms with Crippen molar-refractivity contribution in [2.24, 2.45) is 5.73 Å². The third-order valence-electron chi connectivity index (χ3n) is 2.03. The molecule has 4 nitrogen and oxygen atoms in total. The number of rotatable bonds is 2. The standard InChI is InChI=1S/C10H10N2O2/c11-10(12)4-7-3-6-1-2-14-9(6)5-8(7)13/h1-3,5,13H,4H2,(H3,11,12). The fourth-order valence-electron chi connectivity index (χ4n) is 1.39. The van der Waals surface area contributed by atoms with Crippen LogP contribution in [0.1, 0.15) is 5.56 Å². The Morgan fingerprint density at radius 2 is 2.29 bits per heavy atom. The summed E-state index contributed by atoms with van der Waals surface area (Å²) in [5.74, 6) is 0.144. The lowest BCUT2D eigenvalue weighted by molar-refractivity contribution is 0.469. The lowest BCUT2D eigenvalue weighted by atomic mass is 10.1. The summed E-state index contributed by atoms with van der Waals surface area (Å²) in [6.45, 7) is 0. The van der Waals surface area contributed by atoms with Crippen LogP contribution in [-0.2, 0) is 6.42 Å². The number of amidine groups is 1. The van der Waals surface area contributed by atoms with E-state index in [1.54, 1.807) is 18.4 Å². The van der Waals surface area contributed by atoms with Gasteiger partial charge in [0, 0.05) is 23.4 Å². The monoisotopic (exact) mass is 190 g/mol. The molecule has 0 saturated heterocycles. The Balaban J connectivity index is 2.53. The van der Waals surface area contributed by atoms with Crippen LogP contribution < -0.4 is 5.73 Å². The number of phenols is 1. The Morgan fingerprint density at radius 3 is 3.00 bits per heavy atom. The predicted molar refractivity (Wildman–Crippen MR) is 53.5 cm³/mol. The van der Waals surface area contributed by atoms with Gasteiger partial charge >= 0.3 is 0 Å². The van der Waals surface area contributed by atoms with E-state index in [-0.39, 0.29) is 18.0 Å². The Bertz CT molecular complexity index is 488. The molecule has 1 aromatic heterocycles. The Kier molecular flexibility index (Phi) is 1.89. The predicted octanol–water partition coefficient (Wildman–Crippen LogP) is 1.62. The van der Waals surface area contributed by atoms with Gasteiger partial charge in [-0.25, -0.2) is 0 Å². The maximum absolute atomic E-state index is 9.56. The molecule has 0 aliphatic carbocycles. The summed E-state index contributed by atoms with van der Waals surface area (Å²) in [6, 6.07) is 5.11. The van der Waals surface area contributed by atoms with Crippen molar-refractivity contribution in [3.63, 3.8) is 0 Å². The van der Waals surface area contributed by atoms with E-state index in [1.165, 1.54) is 6.07 Å². The molecule has 2 rings (SSSR count). The smallest absolute Gasteiger partial charge is 0.137 e. The number of hydrogen-bond acceptors (Lipinski definition) is 3. The maximum Gasteiger partial charge on any atom is 0.137 e. The molecule has 0 bridgehead atoms. The minimum Gasteiger partial charge on any atom is -0.508 e. The largest absolute Gasteiger partial charge is 0.508 e. The molecule has 0 aliphatic heterocycles. The van der Waals surface area contributed by atoms with Crippen LogP contribution in [0.25, 0.3) is 11.0 Å². The molecule has 0 amide bonds. The lowest BCUT2D eigenvalue weighted by Gasteiger charge is -2.02. The Morgan fingerprint density at radius 1 is 1.50 bits per heavy atom. The summed E-state index contributed by atoms with van der Waals surface area (Å²) < 4.78 is 5.11. The first kappa shape index (κ1) is 8.62. The number of phenolic OH excluding ortho intramolecular Hbond substituents is 1. The van der Waals surface area contributed by atoms with Crippen LogP contribution in [0, 0.1) is 5.41 Å². The van der Waals surface area contributed by atoms with Crippen LogP contribution in [0.2, 0.25) is 0 Å². The fraction of sp³-hybridized carbons (Fsp3) is 0.100. The van der Waals surface area contributed by atoms with E-state index in [2.05, 4.69) is 0 Å². The zero-order chi connectivity index (χ0) is 10.1. The summed E-state index contributed by atoms with van der Waals surface area (Å²) in [6.07, 6.45) is 1.81. The van der Waals surface area contributed by atoms with Crippen molar-refractivity contribution in [1.82, 2.24) is 0 Å². The second-order valence-corrected chi connectivity index (χ2v) is 3.14. The molecule has 72 valence electrons. The molecule has 2 aromatic rings. The van der Waals surface area contributed by atoms with E-state index >= 15 is 0 Å². The van der Waals surface area contributed by atoms with E-state index in [0.717, 1.165) is 5.39 Å². The minimum absolute atomic E-state index is 0.0307. The van der Waals surface area contributed by atoms with Crippen molar-refractivity contribution in [2.75, 3.05) is 0 Å². The molecule has 0 saturated carbocycles. The minimum atomic E-state index is 0.0307. The average Bonchev–Trinajstić information content (AvgIpc) is 2.51. The Labute approximate surface area is 80.5 Å². The van der Waals surface area contributed by atoms with Crippen molar-refractivity contribution in [3.05, 3.63) is 30.0 Å². The van der Waals surface area contributed by atoms with E-state index in [0.29, 0.717) is 11.1 Å². The van der Waals surface area contributed by atoms with E-state index in [4.69, 9.17) is 15.6 Å². The van der Waals surface area contributed by atoms with Gasteiger partial charge < -0.3 is 15.3 Å². The Hall–Kier alpha value is -1.97. The third-order valence-corrected chi connectivity index (χ3v) is 2.03. The molecule has 0 fully saturated rings. The number of nitrogens with one attached hydrogen (secondary N) is 1. The van der Waals surface area contributed by atoms with E-state index < -0.39 is 0 Å². The van der Waals surface area contributed by atoms with Gasteiger partial charge in [0.15, 0.2) is 0 Å². The second kappa shape index (κ2) is 3.06. The third kappa shape index (κ3) is 1.42. The summed E-state index contributed by atoms with van der Waals surface area (Å²) >= 11 is 0. The SMILES string of the molecule is N=C(N)Cc1cc2ccoc2cc1O. The van der Waals surface area contributed by atoms with Gasteiger partial charge in [0.05, 0.1) is 12.1 Å². The number of aromatic hydroxyl groups is 1. The van der Waals surface area contributed by atoms with Crippen molar-refractivity contribution in [1.29, 1.82) is 5.41 Å². The highest BCUT2D eigenvalue weighted by Crippen LogP contribution is 2.25. The first-order chi connectivity index (χ1) is 6.66. The van der Waals surface area contributed by atoms with Gasteiger partial charge in [0.1, 0.15) is 11.3 Å². The number of furan rings is 1. The van der Waals surface area contributed by atoms with E-state index in [9.17, 15) is 5.11 Å². The van der Waals surface area contributed by atoms with Crippen molar-refractivity contribution in [3.8, 4) is 5.75 Å². The molecular formula is C10H10N2O2. The molecule has 1 heterocycles. The van der Waals surface area contributed by atoms with Crippen molar-refractivity contribution >= 4 is 16.8 Å². The summed E-state index contributed by atoms with van der Waals surface area (Å²) in [5.41, 5.74) is 6.54. The molecule has 14 heavy (non-hydrogen) atoms. The van der Waals surface area contributed by atoms with Gasteiger partial charge in [-0.05, 0) is 12.1 Å².